The van der Waals surface area contributed by atoms with Gasteiger partial charge in [-0.15, -0.1) is 0 Å². The SMILES string of the molecule is COCCCCNCc1cc(F)ccc1[N+](=O)[O-]. The van der Waals surface area contributed by atoms with Gasteiger partial charge < -0.3 is 10.1 Å². The molecule has 5 nitrogen and oxygen atoms in total. The quantitative estimate of drug-likeness (QED) is 0.440. The summed E-state index contributed by atoms with van der Waals surface area (Å²) in [6.45, 7) is 1.71. The van der Waals surface area contributed by atoms with Crippen molar-refractivity contribution < 1.29 is 14.1 Å². The highest BCUT2D eigenvalue weighted by molar-refractivity contribution is 5.40. The number of hydrogen-bond donors (Lipinski definition) is 1. The van der Waals surface area contributed by atoms with Crippen LogP contribution in [0.4, 0.5) is 10.1 Å². The van der Waals surface area contributed by atoms with E-state index in [1.807, 2.05) is 0 Å². The molecule has 18 heavy (non-hydrogen) atoms. The Hall–Kier alpha value is -1.53. The number of nitro groups is 1. The number of hydrogen-bond acceptors (Lipinski definition) is 4. The van der Waals surface area contributed by atoms with Crippen molar-refractivity contribution in [2.45, 2.75) is 19.4 Å². The molecule has 0 amide bonds. The lowest BCUT2D eigenvalue weighted by molar-refractivity contribution is -0.385. The smallest absolute Gasteiger partial charge is 0.274 e. The van der Waals surface area contributed by atoms with Crippen LogP contribution in [0.15, 0.2) is 18.2 Å². The molecule has 100 valence electrons. The van der Waals surface area contributed by atoms with Crippen molar-refractivity contribution in [2.75, 3.05) is 20.3 Å². The zero-order valence-corrected chi connectivity index (χ0v) is 10.3. The summed E-state index contributed by atoms with van der Waals surface area (Å²) < 4.78 is 17.9. The predicted molar refractivity (Wildman–Crippen MR) is 65.9 cm³/mol. The van der Waals surface area contributed by atoms with E-state index in [0.717, 1.165) is 25.5 Å². The largest absolute Gasteiger partial charge is 0.385 e. The fourth-order valence-corrected chi connectivity index (χ4v) is 1.59. The summed E-state index contributed by atoms with van der Waals surface area (Å²) in [5, 5.41) is 13.8. The van der Waals surface area contributed by atoms with E-state index in [4.69, 9.17) is 4.74 Å². The van der Waals surface area contributed by atoms with Gasteiger partial charge in [-0.1, -0.05) is 0 Å². The van der Waals surface area contributed by atoms with Crippen molar-refractivity contribution in [1.29, 1.82) is 0 Å². The molecule has 0 bridgehead atoms. The van der Waals surface area contributed by atoms with Gasteiger partial charge in [0.2, 0.25) is 0 Å². The first-order valence-corrected chi connectivity index (χ1v) is 5.77. The van der Waals surface area contributed by atoms with Gasteiger partial charge in [-0.3, -0.25) is 10.1 Å². The number of benzene rings is 1. The number of nitrogens with zero attached hydrogens (tertiary/aromatic N) is 1. The minimum absolute atomic E-state index is 0.0548. The normalized spacial score (nSPS) is 10.6. The molecule has 0 aromatic heterocycles. The molecule has 0 atom stereocenters. The van der Waals surface area contributed by atoms with Crippen molar-refractivity contribution >= 4 is 5.69 Å². The minimum Gasteiger partial charge on any atom is -0.385 e. The highest BCUT2D eigenvalue weighted by atomic mass is 19.1. The van der Waals surface area contributed by atoms with E-state index < -0.39 is 10.7 Å². The van der Waals surface area contributed by atoms with E-state index in [-0.39, 0.29) is 5.69 Å². The van der Waals surface area contributed by atoms with Crippen molar-refractivity contribution in [3.05, 3.63) is 39.7 Å². The molecule has 0 heterocycles. The maximum Gasteiger partial charge on any atom is 0.274 e. The summed E-state index contributed by atoms with van der Waals surface area (Å²) in [7, 11) is 1.64. The zero-order chi connectivity index (χ0) is 13.4. The molecule has 1 aromatic carbocycles. The molecule has 0 aliphatic carbocycles. The summed E-state index contributed by atoms with van der Waals surface area (Å²) >= 11 is 0. The van der Waals surface area contributed by atoms with Crippen molar-refractivity contribution in [3.8, 4) is 0 Å². The molecular weight excluding hydrogens is 239 g/mol. The summed E-state index contributed by atoms with van der Waals surface area (Å²) in [6, 6.07) is 3.48. The molecule has 6 heteroatoms. The Kier molecular flexibility index (Phi) is 6.24. The lowest BCUT2D eigenvalue weighted by Crippen LogP contribution is -2.16. The first-order chi connectivity index (χ1) is 8.65. The van der Waals surface area contributed by atoms with Crippen LogP contribution in [0.25, 0.3) is 0 Å². The second-order valence-electron chi connectivity index (χ2n) is 3.91. The van der Waals surface area contributed by atoms with Gasteiger partial charge in [0, 0.05) is 31.9 Å². The molecule has 0 fully saturated rings. The lowest BCUT2D eigenvalue weighted by Gasteiger charge is -2.05. The Bertz CT molecular complexity index is 399. The number of halogens is 1. The fraction of sp³-hybridized carbons (Fsp3) is 0.500. The summed E-state index contributed by atoms with van der Waals surface area (Å²) in [5.74, 6) is -0.461. The van der Waals surface area contributed by atoms with E-state index in [1.165, 1.54) is 12.1 Å². The van der Waals surface area contributed by atoms with E-state index in [2.05, 4.69) is 5.32 Å². The van der Waals surface area contributed by atoms with Gasteiger partial charge in [-0.25, -0.2) is 4.39 Å². The highest BCUT2D eigenvalue weighted by Gasteiger charge is 2.13. The Morgan fingerprint density at radius 1 is 1.44 bits per heavy atom. The Morgan fingerprint density at radius 2 is 2.22 bits per heavy atom. The number of nitrogens with one attached hydrogen (secondary N) is 1. The Balaban J connectivity index is 2.45. The second-order valence-corrected chi connectivity index (χ2v) is 3.91. The van der Waals surface area contributed by atoms with Crippen molar-refractivity contribution in [1.82, 2.24) is 5.32 Å². The number of methoxy groups -OCH3 is 1. The molecule has 1 aromatic rings. The van der Waals surface area contributed by atoms with Gasteiger partial charge in [-0.2, -0.15) is 0 Å². The van der Waals surface area contributed by atoms with E-state index in [1.54, 1.807) is 7.11 Å². The second kappa shape index (κ2) is 7.73. The van der Waals surface area contributed by atoms with Crippen LogP contribution in [0.2, 0.25) is 0 Å². The third kappa shape index (κ3) is 4.77. The summed E-state index contributed by atoms with van der Waals surface area (Å²) in [6.07, 6.45) is 1.84. The standard InChI is InChI=1S/C12H17FN2O3/c1-18-7-3-2-6-14-9-10-8-11(13)4-5-12(10)15(16)17/h4-5,8,14H,2-3,6-7,9H2,1H3. The molecule has 1 rings (SSSR count). The average Bonchev–Trinajstić information content (AvgIpc) is 2.33. The van der Waals surface area contributed by atoms with Crippen LogP contribution in [0.1, 0.15) is 18.4 Å². The van der Waals surface area contributed by atoms with E-state index in [9.17, 15) is 14.5 Å². The predicted octanol–water partition coefficient (Wildman–Crippen LogP) is 2.25. The molecule has 0 aliphatic rings. The monoisotopic (exact) mass is 256 g/mol. The van der Waals surface area contributed by atoms with Crippen LogP contribution in [0.3, 0.4) is 0 Å². The number of rotatable bonds is 8. The first kappa shape index (κ1) is 14.5. The Morgan fingerprint density at radius 3 is 2.89 bits per heavy atom. The van der Waals surface area contributed by atoms with E-state index in [0.29, 0.717) is 18.7 Å². The van der Waals surface area contributed by atoms with Crippen LogP contribution >= 0.6 is 0 Å². The average molecular weight is 256 g/mol. The lowest BCUT2D eigenvalue weighted by atomic mass is 10.1. The third-order valence-electron chi connectivity index (χ3n) is 2.51. The van der Waals surface area contributed by atoms with Gasteiger partial charge in [0.15, 0.2) is 0 Å². The molecule has 0 saturated carbocycles. The molecule has 0 saturated heterocycles. The highest BCUT2D eigenvalue weighted by Crippen LogP contribution is 2.19. The number of unbranched alkanes of at least 4 members (excludes halogenated alkanes) is 1. The molecule has 0 aliphatic heterocycles. The zero-order valence-electron chi connectivity index (χ0n) is 10.3. The van der Waals surface area contributed by atoms with Crippen molar-refractivity contribution in [3.63, 3.8) is 0 Å². The van der Waals surface area contributed by atoms with Crippen LogP contribution in [0, 0.1) is 15.9 Å². The van der Waals surface area contributed by atoms with E-state index >= 15 is 0 Å². The first-order valence-electron chi connectivity index (χ1n) is 5.77. The topological polar surface area (TPSA) is 64.4 Å². The molecule has 0 spiro atoms. The maximum atomic E-state index is 13.0. The van der Waals surface area contributed by atoms with Crippen molar-refractivity contribution in [2.24, 2.45) is 0 Å². The molecule has 1 N–H and O–H groups in total. The Labute approximate surface area is 105 Å². The van der Waals surface area contributed by atoms with Crippen LogP contribution < -0.4 is 5.32 Å². The molecular formula is C12H17FN2O3. The number of nitro benzene ring substituents is 1. The third-order valence-corrected chi connectivity index (χ3v) is 2.51. The molecule has 0 unspecified atom stereocenters. The van der Waals surface area contributed by atoms with Gasteiger partial charge in [0.25, 0.3) is 5.69 Å². The van der Waals surface area contributed by atoms with Gasteiger partial charge in [0.05, 0.1) is 4.92 Å². The van der Waals surface area contributed by atoms with Crippen LogP contribution in [-0.2, 0) is 11.3 Å². The van der Waals surface area contributed by atoms with Gasteiger partial charge in [-0.05, 0) is 31.5 Å². The number of ether oxygens (including phenoxy) is 1. The maximum absolute atomic E-state index is 13.0. The molecule has 0 radical (unpaired) electrons. The fourth-order valence-electron chi connectivity index (χ4n) is 1.59. The van der Waals surface area contributed by atoms with Gasteiger partial charge in [0.1, 0.15) is 5.82 Å². The van der Waals surface area contributed by atoms with Crippen LogP contribution in [0.5, 0.6) is 0 Å². The minimum atomic E-state index is -0.499. The summed E-state index contributed by atoms with van der Waals surface area (Å²) in [5.41, 5.74) is 0.313. The van der Waals surface area contributed by atoms with Gasteiger partial charge >= 0.3 is 0 Å². The van der Waals surface area contributed by atoms with Crippen LogP contribution in [-0.4, -0.2) is 25.2 Å². The summed E-state index contributed by atoms with van der Waals surface area (Å²) in [4.78, 5) is 10.2.